The highest BCUT2D eigenvalue weighted by atomic mass is 35.5. The topological polar surface area (TPSA) is 63.5 Å². The molecule has 1 saturated carbocycles. The van der Waals surface area contributed by atoms with Gasteiger partial charge in [-0.25, -0.2) is 14.8 Å². The first-order chi connectivity index (χ1) is 16.1. The highest BCUT2D eigenvalue weighted by molar-refractivity contribution is 6.34. The molecule has 180 valence electrons. The largest absolute Gasteiger partial charge is 0.444 e. The van der Waals surface area contributed by atoms with Gasteiger partial charge in [-0.2, -0.15) is 0 Å². The Bertz CT molecular complexity index is 1230. The number of anilines is 1. The maximum Gasteiger partial charge on any atom is 0.410 e. The highest BCUT2D eigenvalue weighted by Crippen LogP contribution is 2.46. The van der Waals surface area contributed by atoms with Crippen LogP contribution in [0.3, 0.4) is 0 Å². The Hall–Kier alpha value is -2.51. The first kappa shape index (κ1) is 23.2. The van der Waals surface area contributed by atoms with Crippen molar-refractivity contribution >= 4 is 46.1 Å². The van der Waals surface area contributed by atoms with Crippen molar-refractivity contribution in [3.8, 4) is 5.69 Å². The van der Waals surface area contributed by atoms with E-state index >= 15 is 0 Å². The molecule has 7 nitrogen and oxygen atoms in total. The number of ether oxygens (including phenoxy) is 1. The van der Waals surface area contributed by atoms with Crippen molar-refractivity contribution in [3.63, 3.8) is 0 Å². The van der Waals surface area contributed by atoms with Crippen LogP contribution in [0, 0.1) is 0 Å². The Morgan fingerprint density at radius 2 is 1.79 bits per heavy atom. The molecule has 1 aliphatic carbocycles. The fourth-order valence-corrected chi connectivity index (χ4v) is 5.15. The van der Waals surface area contributed by atoms with Gasteiger partial charge in [0.25, 0.3) is 0 Å². The van der Waals surface area contributed by atoms with Crippen LogP contribution in [0.4, 0.5) is 10.6 Å². The minimum absolute atomic E-state index is 0.00758. The number of piperazine rings is 1. The standard InChI is InChI=1S/C25H29Cl2N5O2/c1-15-12-30(7-8-31(15)24(33)34-25(2,3)4)22-21-20(16-5-6-16)13-32(23(21)29-14-28-22)19-10-17(26)9-18(27)11-19/h9-11,13-16H,5-8,12H2,1-4H3/t15-/m1/s1. The van der Waals surface area contributed by atoms with Crippen molar-refractivity contribution in [1.82, 2.24) is 19.4 Å². The summed E-state index contributed by atoms with van der Waals surface area (Å²) in [5.41, 5.74) is 2.46. The molecule has 1 amide bonds. The highest BCUT2D eigenvalue weighted by Gasteiger charge is 2.34. The molecule has 0 bridgehead atoms. The van der Waals surface area contributed by atoms with Crippen LogP contribution in [-0.2, 0) is 4.74 Å². The van der Waals surface area contributed by atoms with Crippen molar-refractivity contribution in [2.45, 2.75) is 58.1 Å². The number of nitrogens with zero attached hydrogens (tertiary/aromatic N) is 5. The Morgan fingerprint density at radius 1 is 1.09 bits per heavy atom. The Kier molecular flexibility index (Phi) is 5.89. The van der Waals surface area contributed by atoms with E-state index in [1.165, 1.54) is 5.56 Å². The van der Waals surface area contributed by atoms with Crippen LogP contribution >= 0.6 is 23.2 Å². The Balaban J connectivity index is 1.50. The normalized spacial score (nSPS) is 19.1. The van der Waals surface area contributed by atoms with Gasteiger partial charge >= 0.3 is 6.09 Å². The van der Waals surface area contributed by atoms with Crippen molar-refractivity contribution in [1.29, 1.82) is 0 Å². The number of amides is 1. The molecule has 1 atom stereocenters. The summed E-state index contributed by atoms with van der Waals surface area (Å²) >= 11 is 12.6. The average Bonchev–Trinajstić information content (AvgIpc) is 3.51. The van der Waals surface area contributed by atoms with Crippen LogP contribution in [0.2, 0.25) is 10.0 Å². The maximum absolute atomic E-state index is 12.7. The summed E-state index contributed by atoms with van der Waals surface area (Å²) in [4.78, 5) is 26.1. The molecule has 3 aromatic rings. The van der Waals surface area contributed by atoms with Crippen molar-refractivity contribution < 1.29 is 9.53 Å². The number of rotatable bonds is 3. The van der Waals surface area contributed by atoms with Gasteiger partial charge in [0.15, 0.2) is 0 Å². The fourth-order valence-electron chi connectivity index (χ4n) is 4.63. The van der Waals surface area contributed by atoms with Crippen molar-refractivity contribution in [2.75, 3.05) is 24.5 Å². The quantitative estimate of drug-likeness (QED) is 0.436. The lowest BCUT2D eigenvalue weighted by Crippen LogP contribution is -2.55. The van der Waals surface area contributed by atoms with E-state index in [9.17, 15) is 4.79 Å². The van der Waals surface area contributed by atoms with Gasteiger partial charge < -0.3 is 19.1 Å². The lowest BCUT2D eigenvalue weighted by atomic mass is 10.1. The fraction of sp³-hybridized carbons (Fsp3) is 0.480. The molecule has 0 radical (unpaired) electrons. The third kappa shape index (κ3) is 4.56. The molecule has 1 aromatic carbocycles. The third-order valence-corrected chi connectivity index (χ3v) is 6.73. The van der Waals surface area contributed by atoms with Gasteiger partial charge in [0.1, 0.15) is 23.4 Å². The van der Waals surface area contributed by atoms with E-state index in [2.05, 4.69) is 27.6 Å². The van der Waals surface area contributed by atoms with Gasteiger partial charge in [0.05, 0.1) is 5.39 Å². The molecule has 5 rings (SSSR count). The van der Waals surface area contributed by atoms with Crippen LogP contribution in [0.1, 0.15) is 52.0 Å². The third-order valence-electron chi connectivity index (χ3n) is 6.29. The zero-order valence-electron chi connectivity index (χ0n) is 19.9. The SMILES string of the molecule is C[C@@H]1CN(c2ncnc3c2c(C2CC2)cn3-c2cc(Cl)cc(Cl)c2)CCN1C(=O)OC(C)(C)C. The average molecular weight is 502 g/mol. The molecule has 1 saturated heterocycles. The summed E-state index contributed by atoms with van der Waals surface area (Å²) in [5.74, 6) is 1.41. The number of fused-ring (bicyclic) bond motifs is 1. The predicted octanol–water partition coefficient (Wildman–Crippen LogP) is 6.05. The van der Waals surface area contributed by atoms with E-state index in [1.807, 2.05) is 32.9 Å². The van der Waals surface area contributed by atoms with Gasteiger partial charge in [-0.15, -0.1) is 0 Å². The minimum atomic E-state index is -0.516. The number of benzene rings is 1. The summed E-state index contributed by atoms with van der Waals surface area (Å²) in [7, 11) is 0. The summed E-state index contributed by atoms with van der Waals surface area (Å²) in [6.45, 7) is 9.64. The molecule has 2 aliphatic rings. The number of halogens is 2. The first-order valence-corrected chi connectivity index (χ1v) is 12.4. The van der Waals surface area contributed by atoms with Gasteiger partial charge in [0.2, 0.25) is 0 Å². The summed E-state index contributed by atoms with van der Waals surface area (Å²) < 4.78 is 7.67. The van der Waals surface area contributed by atoms with Gasteiger partial charge in [-0.3, -0.25) is 0 Å². The number of carbonyl (C=O) groups is 1. The smallest absolute Gasteiger partial charge is 0.410 e. The van der Waals surface area contributed by atoms with Crippen LogP contribution in [0.15, 0.2) is 30.7 Å². The van der Waals surface area contributed by atoms with Crippen molar-refractivity contribution in [3.05, 3.63) is 46.3 Å². The predicted molar refractivity (Wildman–Crippen MR) is 135 cm³/mol. The second-order valence-electron chi connectivity index (χ2n) is 10.2. The molecule has 1 aliphatic heterocycles. The summed E-state index contributed by atoms with van der Waals surface area (Å²) in [5, 5.41) is 2.23. The molecule has 2 fully saturated rings. The zero-order chi connectivity index (χ0) is 24.2. The molecule has 2 aromatic heterocycles. The molecular formula is C25H29Cl2N5O2. The zero-order valence-corrected chi connectivity index (χ0v) is 21.4. The Labute approximate surface area is 209 Å². The minimum Gasteiger partial charge on any atom is -0.444 e. The lowest BCUT2D eigenvalue weighted by Gasteiger charge is -2.40. The molecule has 9 heteroatoms. The van der Waals surface area contributed by atoms with Crippen LogP contribution in [0.5, 0.6) is 0 Å². The van der Waals surface area contributed by atoms with E-state index in [-0.39, 0.29) is 12.1 Å². The van der Waals surface area contributed by atoms with E-state index in [1.54, 1.807) is 17.3 Å². The van der Waals surface area contributed by atoms with E-state index in [0.717, 1.165) is 35.4 Å². The lowest BCUT2D eigenvalue weighted by molar-refractivity contribution is 0.0159. The van der Waals surface area contributed by atoms with Gasteiger partial charge in [0, 0.05) is 47.6 Å². The number of hydrogen-bond acceptors (Lipinski definition) is 5. The summed E-state index contributed by atoms with van der Waals surface area (Å²) in [6, 6.07) is 5.51. The Morgan fingerprint density at radius 3 is 2.41 bits per heavy atom. The number of carbonyl (C=O) groups excluding carboxylic acids is 1. The maximum atomic E-state index is 12.7. The van der Waals surface area contributed by atoms with Crippen LogP contribution in [-0.4, -0.2) is 56.8 Å². The van der Waals surface area contributed by atoms with E-state index in [0.29, 0.717) is 35.6 Å². The molecule has 0 unspecified atom stereocenters. The molecular weight excluding hydrogens is 473 g/mol. The van der Waals surface area contributed by atoms with Crippen LogP contribution in [0.25, 0.3) is 16.7 Å². The number of hydrogen-bond donors (Lipinski definition) is 0. The number of aromatic nitrogens is 3. The monoisotopic (exact) mass is 501 g/mol. The van der Waals surface area contributed by atoms with E-state index in [4.69, 9.17) is 32.9 Å². The van der Waals surface area contributed by atoms with Crippen LogP contribution < -0.4 is 4.90 Å². The molecule has 3 heterocycles. The first-order valence-electron chi connectivity index (χ1n) is 11.7. The summed E-state index contributed by atoms with van der Waals surface area (Å²) in [6.07, 6.45) is 5.82. The second-order valence-corrected chi connectivity index (χ2v) is 11.1. The molecule has 0 spiro atoms. The van der Waals surface area contributed by atoms with Gasteiger partial charge in [-0.1, -0.05) is 23.2 Å². The molecule has 0 N–H and O–H groups in total. The van der Waals surface area contributed by atoms with Gasteiger partial charge in [-0.05, 0) is 70.2 Å². The van der Waals surface area contributed by atoms with E-state index < -0.39 is 5.60 Å². The van der Waals surface area contributed by atoms with Crippen molar-refractivity contribution in [2.24, 2.45) is 0 Å². The second kappa shape index (κ2) is 8.61. The molecule has 34 heavy (non-hydrogen) atoms.